The fourth-order valence-corrected chi connectivity index (χ4v) is 5.95. The minimum atomic E-state index is 0.641. The van der Waals surface area contributed by atoms with Crippen LogP contribution in [0.15, 0.2) is 170 Å². The molecule has 0 unspecified atom stereocenters. The van der Waals surface area contributed by atoms with Gasteiger partial charge in [0.15, 0.2) is 17.5 Å². The number of fused-ring (bicyclic) bond motifs is 1. The maximum absolute atomic E-state index is 9.10. The molecule has 0 bridgehead atoms. The summed E-state index contributed by atoms with van der Waals surface area (Å²) in [4.78, 5) is 14.6. The van der Waals surface area contributed by atoms with Crippen LogP contribution in [0.2, 0.25) is 0 Å². The summed E-state index contributed by atoms with van der Waals surface area (Å²) in [5.74, 6) is 1.94. The first-order valence-electron chi connectivity index (χ1n) is 15.8. The molecule has 0 N–H and O–H groups in total. The smallest absolute Gasteiger partial charge is 0.164 e. The molecule has 0 atom stereocenters. The van der Waals surface area contributed by atoms with Gasteiger partial charge in [0.05, 0.1) is 11.6 Å². The molecule has 1 aromatic heterocycles. The van der Waals surface area contributed by atoms with Crippen molar-refractivity contribution in [1.82, 2.24) is 15.0 Å². The summed E-state index contributed by atoms with van der Waals surface area (Å²) < 4.78 is 0. The van der Waals surface area contributed by atoms with Crippen LogP contribution in [0.3, 0.4) is 0 Å². The lowest BCUT2D eigenvalue weighted by Crippen LogP contribution is -2.00. The van der Waals surface area contributed by atoms with Crippen molar-refractivity contribution in [2.24, 2.45) is 0 Å². The first kappa shape index (κ1) is 28.8. The van der Waals surface area contributed by atoms with Crippen LogP contribution in [0.5, 0.6) is 0 Å². The molecule has 224 valence electrons. The van der Waals surface area contributed by atoms with E-state index in [4.69, 9.17) is 20.2 Å². The van der Waals surface area contributed by atoms with E-state index in [1.165, 1.54) is 16.3 Å². The molecule has 48 heavy (non-hydrogen) atoms. The molecule has 4 nitrogen and oxygen atoms in total. The Hall–Kier alpha value is -6.70. The van der Waals surface area contributed by atoms with E-state index in [1.54, 1.807) is 0 Å². The van der Waals surface area contributed by atoms with E-state index in [-0.39, 0.29) is 0 Å². The molecule has 8 rings (SSSR count). The number of nitriles is 1. The number of nitrogens with zero attached hydrogens (tertiary/aromatic N) is 4. The summed E-state index contributed by atoms with van der Waals surface area (Å²) in [5.41, 5.74) is 10.3. The van der Waals surface area contributed by atoms with Crippen molar-refractivity contribution in [3.05, 3.63) is 175 Å². The maximum atomic E-state index is 9.10. The molecule has 0 saturated heterocycles. The molecule has 0 saturated carbocycles. The highest BCUT2D eigenvalue weighted by atomic mass is 15.0. The van der Waals surface area contributed by atoms with Crippen LogP contribution < -0.4 is 0 Å². The zero-order valence-corrected chi connectivity index (χ0v) is 26.0. The molecule has 0 aliphatic rings. The average Bonchev–Trinajstić information content (AvgIpc) is 3.18. The molecule has 8 aromatic rings. The Kier molecular flexibility index (Phi) is 7.54. The van der Waals surface area contributed by atoms with Crippen molar-refractivity contribution in [3.63, 3.8) is 0 Å². The van der Waals surface area contributed by atoms with E-state index in [0.29, 0.717) is 23.0 Å². The van der Waals surface area contributed by atoms with Gasteiger partial charge in [0, 0.05) is 16.7 Å². The Morgan fingerprint density at radius 2 is 0.646 bits per heavy atom. The van der Waals surface area contributed by atoms with E-state index in [2.05, 4.69) is 91.0 Å². The molecule has 0 aliphatic heterocycles. The van der Waals surface area contributed by atoms with Gasteiger partial charge in [-0.25, -0.2) is 15.0 Å². The second kappa shape index (κ2) is 12.6. The van der Waals surface area contributed by atoms with Crippen molar-refractivity contribution < 1.29 is 0 Å². The molecule has 0 spiro atoms. The number of aromatic nitrogens is 3. The average molecular weight is 613 g/mol. The fraction of sp³-hybridized carbons (Fsp3) is 0. The number of rotatable bonds is 6. The minimum Gasteiger partial charge on any atom is -0.208 e. The molecule has 7 aromatic carbocycles. The maximum Gasteiger partial charge on any atom is 0.164 e. The summed E-state index contributed by atoms with van der Waals surface area (Å²) in [7, 11) is 0. The molecular formula is C44H28N4. The van der Waals surface area contributed by atoms with Gasteiger partial charge in [-0.1, -0.05) is 146 Å². The van der Waals surface area contributed by atoms with Crippen molar-refractivity contribution in [2.45, 2.75) is 0 Å². The summed E-state index contributed by atoms with van der Waals surface area (Å²) in [5, 5.41) is 11.5. The third kappa shape index (κ3) is 5.85. The molecule has 0 amide bonds. The van der Waals surface area contributed by atoms with Crippen LogP contribution >= 0.6 is 0 Å². The highest BCUT2D eigenvalue weighted by molar-refractivity contribution is 5.91. The zero-order valence-electron chi connectivity index (χ0n) is 26.0. The quantitative estimate of drug-likeness (QED) is 0.187. The Bertz CT molecular complexity index is 2350. The summed E-state index contributed by atoms with van der Waals surface area (Å²) in [6.07, 6.45) is 0. The van der Waals surface area contributed by atoms with E-state index < -0.39 is 0 Å². The Morgan fingerprint density at radius 3 is 1.06 bits per heavy atom. The van der Waals surface area contributed by atoms with Crippen molar-refractivity contribution in [3.8, 4) is 73.6 Å². The van der Waals surface area contributed by atoms with Crippen molar-refractivity contribution in [2.75, 3.05) is 0 Å². The number of hydrogen-bond donors (Lipinski definition) is 0. The minimum absolute atomic E-state index is 0.641. The van der Waals surface area contributed by atoms with E-state index >= 15 is 0 Å². The molecule has 0 radical (unpaired) electrons. The summed E-state index contributed by atoms with van der Waals surface area (Å²) in [6, 6.07) is 60.2. The van der Waals surface area contributed by atoms with Gasteiger partial charge in [0.2, 0.25) is 0 Å². The van der Waals surface area contributed by atoms with Crippen LogP contribution in [-0.2, 0) is 0 Å². The fourth-order valence-electron chi connectivity index (χ4n) is 5.95. The predicted molar refractivity (Wildman–Crippen MR) is 195 cm³/mol. The molecule has 4 heteroatoms. The Morgan fingerprint density at radius 1 is 0.312 bits per heavy atom. The first-order chi connectivity index (χ1) is 23.7. The zero-order chi connectivity index (χ0) is 32.3. The van der Waals surface area contributed by atoms with Gasteiger partial charge in [0.25, 0.3) is 0 Å². The molecule has 0 aliphatic carbocycles. The molecule has 1 heterocycles. The highest BCUT2D eigenvalue weighted by Gasteiger charge is 2.12. The van der Waals surface area contributed by atoms with Crippen LogP contribution in [-0.4, -0.2) is 15.0 Å². The van der Waals surface area contributed by atoms with Crippen LogP contribution in [0.4, 0.5) is 0 Å². The monoisotopic (exact) mass is 612 g/mol. The van der Waals surface area contributed by atoms with Crippen molar-refractivity contribution in [1.29, 1.82) is 5.26 Å². The SMILES string of the molecule is N#Cc1ccc(-c2ccc(-c3ccc4ccc(-c5ccc(-c6nc(-c7ccccc7)nc(-c7ccccc7)n6)cc5)cc4c3)cc2)cc1. The van der Waals surface area contributed by atoms with Gasteiger partial charge >= 0.3 is 0 Å². The van der Waals surface area contributed by atoms with Gasteiger partial charge in [-0.15, -0.1) is 0 Å². The normalized spacial score (nSPS) is 10.9. The standard InChI is InChI=1S/C44H28N4/c45-29-30-11-13-31(14-12-30)32-15-17-33(18-16-32)39-25-21-35-22-26-40(28-41(35)27-39)34-19-23-38(24-20-34)44-47-42(36-7-3-1-4-8-36)46-43(48-44)37-9-5-2-6-10-37/h1-28H. The lowest BCUT2D eigenvalue weighted by molar-refractivity contribution is 1.07. The lowest BCUT2D eigenvalue weighted by Gasteiger charge is -2.10. The summed E-state index contributed by atoms with van der Waals surface area (Å²) in [6.45, 7) is 0. The van der Waals surface area contributed by atoms with Gasteiger partial charge in [-0.2, -0.15) is 5.26 Å². The first-order valence-corrected chi connectivity index (χ1v) is 15.8. The van der Waals surface area contributed by atoms with Gasteiger partial charge in [-0.05, 0) is 68.4 Å². The lowest BCUT2D eigenvalue weighted by atomic mass is 9.96. The number of hydrogen-bond acceptors (Lipinski definition) is 4. The van der Waals surface area contributed by atoms with E-state index in [0.717, 1.165) is 44.5 Å². The highest BCUT2D eigenvalue weighted by Crippen LogP contribution is 2.32. The second-order valence-corrected chi connectivity index (χ2v) is 11.7. The van der Waals surface area contributed by atoms with Crippen LogP contribution in [0.25, 0.3) is 78.3 Å². The third-order valence-electron chi connectivity index (χ3n) is 8.58. The predicted octanol–water partition coefficient (Wildman–Crippen LogP) is 10.9. The number of benzene rings is 7. The van der Waals surface area contributed by atoms with Crippen LogP contribution in [0.1, 0.15) is 5.56 Å². The molecular weight excluding hydrogens is 585 g/mol. The summed E-state index contributed by atoms with van der Waals surface area (Å²) >= 11 is 0. The Labute approximate surface area is 279 Å². The topological polar surface area (TPSA) is 62.5 Å². The van der Waals surface area contributed by atoms with E-state index in [9.17, 15) is 0 Å². The van der Waals surface area contributed by atoms with Gasteiger partial charge < -0.3 is 0 Å². The third-order valence-corrected chi connectivity index (χ3v) is 8.58. The second-order valence-electron chi connectivity index (χ2n) is 11.7. The van der Waals surface area contributed by atoms with Crippen molar-refractivity contribution >= 4 is 10.8 Å². The van der Waals surface area contributed by atoms with Crippen LogP contribution in [0, 0.1) is 11.3 Å². The van der Waals surface area contributed by atoms with E-state index in [1.807, 2.05) is 84.9 Å². The van der Waals surface area contributed by atoms with Gasteiger partial charge in [0.1, 0.15) is 0 Å². The van der Waals surface area contributed by atoms with Gasteiger partial charge in [-0.3, -0.25) is 0 Å². The largest absolute Gasteiger partial charge is 0.208 e. The molecule has 0 fully saturated rings. The Balaban J connectivity index is 1.09.